The predicted octanol–water partition coefficient (Wildman–Crippen LogP) is 6.39. The zero-order chi connectivity index (χ0) is 27.4. The van der Waals surface area contributed by atoms with E-state index in [2.05, 4.69) is 10.3 Å². The van der Waals surface area contributed by atoms with Gasteiger partial charge in [0.25, 0.3) is 0 Å². The summed E-state index contributed by atoms with van der Waals surface area (Å²) in [5.41, 5.74) is -0.766. The van der Waals surface area contributed by atoms with Crippen molar-refractivity contribution >= 4 is 40.1 Å². The van der Waals surface area contributed by atoms with Gasteiger partial charge in [-0.15, -0.1) is 0 Å². The Bertz CT molecular complexity index is 1650. The van der Waals surface area contributed by atoms with Crippen LogP contribution in [0.1, 0.15) is 45.7 Å². The number of hydrogen-bond acceptors (Lipinski definition) is 6. The molecule has 4 aromatic rings. The summed E-state index contributed by atoms with van der Waals surface area (Å²) in [5, 5.41) is 12.0. The number of carboxylic acid groups (broad SMARTS) is 1. The highest BCUT2D eigenvalue weighted by molar-refractivity contribution is 6.29. The van der Waals surface area contributed by atoms with Gasteiger partial charge in [-0.2, -0.15) is 13.2 Å². The van der Waals surface area contributed by atoms with Crippen molar-refractivity contribution in [3.63, 3.8) is 0 Å². The first-order valence-corrected chi connectivity index (χ1v) is 11.7. The van der Waals surface area contributed by atoms with Crippen LogP contribution in [0.4, 0.5) is 29.1 Å². The topological polar surface area (TPSA) is 95.7 Å². The maximum absolute atomic E-state index is 13.7. The molecule has 0 aliphatic carbocycles. The first-order chi connectivity index (χ1) is 17.9. The van der Waals surface area contributed by atoms with Gasteiger partial charge in [-0.05, 0) is 54.4 Å². The lowest BCUT2D eigenvalue weighted by molar-refractivity contribution is -0.137. The molecule has 5 rings (SSSR count). The van der Waals surface area contributed by atoms with Crippen LogP contribution in [0.5, 0.6) is 0 Å². The van der Waals surface area contributed by atoms with Crippen molar-refractivity contribution in [3.8, 4) is 0 Å². The highest BCUT2D eigenvalue weighted by atomic mass is 35.5. The van der Waals surface area contributed by atoms with Crippen molar-refractivity contribution in [1.29, 1.82) is 0 Å². The number of fused-ring (bicyclic) bond motifs is 2. The fraction of sp³-hybridized carbons (Fsp3) is 0.192. The third kappa shape index (κ3) is 4.76. The smallest absolute Gasteiger partial charge is 0.416 e. The normalized spacial score (nSPS) is 14.0. The van der Waals surface area contributed by atoms with Gasteiger partial charge in [0.05, 0.1) is 22.7 Å². The second-order valence-electron chi connectivity index (χ2n) is 8.86. The van der Waals surface area contributed by atoms with Gasteiger partial charge in [-0.1, -0.05) is 17.7 Å². The molecule has 0 radical (unpaired) electrons. The Balaban J connectivity index is 1.62. The van der Waals surface area contributed by atoms with Crippen molar-refractivity contribution in [2.75, 3.05) is 10.2 Å². The molecule has 0 bridgehead atoms. The van der Waals surface area contributed by atoms with Crippen LogP contribution in [-0.2, 0) is 19.3 Å². The number of benzene rings is 2. The molecule has 0 saturated carbocycles. The molecule has 7 nitrogen and oxygen atoms in total. The molecule has 0 fully saturated rings. The summed E-state index contributed by atoms with van der Waals surface area (Å²) < 4.78 is 60.9. The summed E-state index contributed by atoms with van der Waals surface area (Å²) in [6.07, 6.45) is -4.76. The zero-order valence-corrected chi connectivity index (χ0v) is 20.3. The van der Waals surface area contributed by atoms with E-state index in [1.165, 1.54) is 31.2 Å². The average molecular weight is 548 g/mol. The molecule has 1 atom stereocenters. The van der Waals surface area contributed by atoms with Crippen molar-refractivity contribution in [3.05, 3.63) is 97.7 Å². The highest BCUT2D eigenvalue weighted by Crippen LogP contribution is 2.38. The first-order valence-electron chi connectivity index (χ1n) is 11.3. The number of alkyl halides is 3. The van der Waals surface area contributed by atoms with Crippen LogP contribution < -0.4 is 15.6 Å². The lowest BCUT2D eigenvalue weighted by Gasteiger charge is -2.21. The number of nitrogens with one attached hydrogen (secondary N) is 1. The molecule has 0 spiro atoms. The molecule has 2 N–H and O–H groups in total. The number of anilines is 2. The van der Waals surface area contributed by atoms with E-state index in [-0.39, 0.29) is 39.8 Å². The molecule has 12 heteroatoms. The van der Waals surface area contributed by atoms with E-state index in [9.17, 15) is 32.3 Å². The molecule has 3 heterocycles. The molecule has 2 aromatic heterocycles. The molecular weight excluding hydrogens is 530 g/mol. The summed E-state index contributed by atoms with van der Waals surface area (Å²) in [5.74, 6) is -1.70. The lowest BCUT2D eigenvalue weighted by atomic mass is 10.00. The number of aromatic carboxylic acids is 1. The Labute approximate surface area is 217 Å². The molecule has 2 aromatic carbocycles. The van der Waals surface area contributed by atoms with Gasteiger partial charge in [-0.3, -0.25) is 4.79 Å². The molecule has 1 unspecified atom stereocenters. The van der Waals surface area contributed by atoms with Crippen LogP contribution in [0, 0.1) is 5.82 Å². The molecular formula is C26H18ClF4N3O4. The first kappa shape index (κ1) is 25.5. The number of carbonyl (C=O) groups is 1. The quantitative estimate of drug-likeness (QED) is 0.221. The number of pyridine rings is 1. The van der Waals surface area contributed by atoms with Crippen LogP contribution in [0.25, 0.3) is 11.0 Å². The fourth-order valence-corrected chi connectivity index (χ4v) is 4.61. The van der Waals surface area contributed by atoms with Crippen molar-refractivity contribution in [2.45, 2.75) is 32.2 Å². The second-order valence-corrected chi connectivity index (χ2v) is 9.25. The molecule has 0 saturated heterocycles. The van der Waals surface area contributed by atoms with E-state index >= 15 is 0 Å². The van der Waals surface area contributed by atoms with Gasteiger partial charge in [0.15, 0.2) is 11.1 Å². The van der Waals surface area contributed by atoms with Crippen molar-refractivity contribution in [1.82, 2.24) is 4.98 Å². The summed E-state index contributed by atoms with van der Waals surface area (Å²) in [7, 11) is 0. The molecule has 38 heavy (non-hydrogen) atoms. The van der Waals surface area contributed by atoms with Gasteiger partial charge >= 0.3 is 12.1 Å². The average Bonchev–Trinajstić information content (AvgIpc) is 3.27. The molecule has 1 aliphatic rings. The number of halogens is 5. The van der Waals surface area contributed by atoms with E-state index in [0.717, 1.165) is 23.8 Å². The van der Waals surface area contributed by atoms with Gasteiger partial charge in [0, 0.05) is 24.7 Å². The number of nitrogens with zero attached hydrogens (tertiary/aromatic N) is 2. The van der Waals surface area contributed by atoms with Crippen molar-refractivity contribution in [2.24, 2.45) is 0 Å². The summed E-state index contributed by atoms with van der Waals surface area (Å²) in [6.45, 7) is 2.05. The standard InChI is InChI=1S/C26H18ClF4N3O4/c1-12(32-19-4-5-21(27)33-23(19)25(36)37)17-7-15(26(29,30)31)8-18-20(35)9-22(38-24(17)18)34-10-13-2-3-16(28)6-14(13)11-34/h2-9,12,32H,10-11H2,1H3,(H,36,37). The Kier molecular flexibility index (Phi) is 6.26. The van der Waals surface area contributed by atoms with Gasteiger partial charge in [0.2, 0.25) is 5.88 Å². The lowest BCUT2D eigenvalue weighted by Crippen LogP contribution is -2.18. The number of hydrogen-bond donors (Lipinski definition) is 2. The fourth-order valence-electron chi connectivity index (χ4n) is 4.46. The minimum atomic E-state index is -4.76. The Morgan fingerprint density at radius 3 is 2.58 bits per heavy atom. The summed E-state index contributed by atoms with van der Waals surface area (Å²) in [4.78, 5) is 30.1. The Hall–Kier alpha value is -4.12. The third-order valence-electron chi connectivity index (χ3n) is 6.28. The van der Waals surface area contributed by atoms with Gasteiger partial charge in [0.1, 0.15) is 16.6 Å². The zero-order valence-electron chi connectivity index (χ0n) is 19.6. The van der Waals surface area contributed by atoms with Gasteiger partial charge < -0.3 is 19.7 Å². The third-order valence-corrected chi connectivity index (χ3v) is 6.49. The van der Waals surface area contributed by atoms with Crippen LogP contribution in [-0.4, -0.2) is 16.1 Å². The monoisotopic (exact) mass is 547 g/mol. The Morgan fingerprint density at radius 1 is 1.13 bits per heavy atom. The highest BCUT2D eigenvalue weighted by Gasteiger charge is 2.33. The maximum Gasteiger partial charge on any atom is 0.416 e. The molecule has 196 valence electrons. The SMILES string of the molecule is CC(Nc1ccc(Cl)nc1C(=O)O)c1cc(C(F)(F)F)cc2c(=O)cc(N3Cc4ccc(F)cc4C3)oc12. The molecule has 1 aliphatic heterocycles. The number of rotatable bonds is 5. The summed E-state index contributed by atoms with van der Waals surface area (Å²) in [6, 6.07) is 8.72. The minimum Gasteiger partial charge on any atom is -0.476 e. The van der Waals surface area contributed by atoms with E-state index in [4.69, 9.17) is 16.0 Å². The van der Waals surface area contributed by atoms with Crippen molar-refractivity contribution < 1.29 is 31.9 Å². The van der Waals surface area contributed by atoms with E-state index < -0.39 is 40.7 Å². The van der Waals surface area contributed by atoms with Crippen LogP contribution >= 0.6 is 11.6 Å². The molecule has 0 amide bonds. The van der Waals surface area contributed by atoms with Crippen LogP contribution in [0.15, 0.2) is 57.7 Å². The van der Waals surface area contributed by atoms with E-state index in [1.807, 2.05) is 0 Å². The van der Waals surface area contributed by atoms with E-state index in [1.54, 1.807) is 11.0 Å². The van der Waals surface area contributed by atoms with Crippen LogP contribution in [0.3, 0.4) is 0 Å². The number of aromatic nitrogens is 1. The second kappa shape index (κ2) is 9.32. The Morgan fingerprint density at radius 2 is 1.87 bits per heavy atom. The predicted molar refractivity (Wildman–Crippen MR) is 132 cm³/mol. The minimum absolute atomic E-state index is 0.00971. The van der Waals surface area contributed by atoms with Gasteiger partial charge in [-0.25, -0.2) is 14.2 Å². The number of carboxylic acids is 1. The van der Waals surface area contributed by atoms with Crippen LogP contribution in [0.2, 0.25) is 5.15 Å². The summed E-state index contributed by atoms with van der Waals surface area (Å²) >= 11 is 5.80. The van der Waals surface area contributed by atoms with E-state index in [0.29, 0.717) is 12.1 Å². The largest absolute Gasteiger partial charge is 0.476 e. The maximum atomic E-state index is 13.7.